The van der Waals surface area contributed by atoms with Crippen LogP contribution < -0.4 is 5.32 Å². The molecule has 3 aliphatic rings. The molecule has 0 amide bonds. The lowest BCUT2D eigenvalue weighted by molar-refractivity contribution is -0.138. The van der Waals surface area contributed by atoms with Crippen molar-refractivity contribution < 1.29 is 37.9 Å². The largest absolute Gasteiger partial charge is 0.744 e. The number of nitrogens with zero attached hydrogens (tertiary/aromatic N) is 3. The third-order valence-electron chi connectivity index (χ3n) is 10.5. The number of aliphatic hydroxyl groups excluding tert-OH is 1. The van der Waals surface area contributed by atoms with E-state index < -0.39 is 37.8 Å². The van der Waals surface area contributed by atoms with Gasteiger partial charge in [-0.2, -0.15) is 0 Å². The van der Waals surface area contributed by atoms with Gasteiger partial charge in [0.05, 0.1) is 28.9 Å². The first kappa shape index (κ1) is 38.7. The first-order chi connectivity index (χ1) is 25.0. The van der Waals surface area contributed by atoms with Gasteiger partial charge in [0.2, 0.25) is 0 Å². The number of aryl methyl sites for hydroxylation is 1. The highest BCUT2D eigenvalue weighted by atomic mass is 32.2. The van der Waals surface area contributed by atoms with Crippen molar-refractivity contribution in [2.75, 3.05) is 5.32 Å². The summed E-state index contributed by atoms with van der Waals surface area (Å²) in [6, 6.07) is 12.0. The average molecular weight is 738 g/mol. The number of aliphatic hydroxyl groups is 1. The molecule has 276 valence electrons. The lowest BCUT2D eigenvalue weighted by atomic mass is 9.72. The molecule has 2 aromatic rings. The van der Waals surface area contributed by atoms with Gasteiger partial charge >= 0.3 is 11.9 Å². The molecule has 0 bridgehead atoms. The minimum Gasteiger partial charge on any atom is -0.744 e. The van der Waals surface area contributed by atoms with E-state index in [0.29, 0.717) is 67.5 Å². The summed E-state index contributed by atoms with van der Waals surface area (Å²) in [6.07, 6.45) is 8.08. The Hall–Kier alpha value is -5.50. The van der Waals surface area contributed by atoms with E-state index in [0.717, 1.165) is 28.9 Å². The lowest BCUT2D eigenvalue weighted by Crippen LogP contribution is -2.30. The Labute approximate surface area is 309 Å². The number of anilines is 1. The number of fused-ring (bicyclic) bond motifs is 2. The Balaban J connectivity index is 1.57. The molecule has 2 aliphatic heterocycles. The van der Waals surface area contributed by atoms with Crippen LogP contribution in [0.2, 0.25) is 0 Å². The number of aliphatic carboxylic acids is 2. The minimum atomic E-state index is -4.79. The third-order valence-corrected chi connectivity index (χ3v) is 11.3. The van der Waals surface area contributed by atoms with Crippen molar-refractivity contribution in [3.8, 4) is 6.07 Å². The van der Waals surface area contributed by atoms with Gasteiger partial charge in [0.15, 0.2) is 0 Å². The average Bonchev–Trinajstić information content (AvgIpc) is 3.53. The van der Waals surface area contributed by atoms with Gasteiger partial charge in [-0.3, -0.25) is 14.6 Å². The summed E-state index contributed by atoms with van der Waals surface area (Å²) in [6.45, 7) is 13.7. The molecule has 1 aliphatic carbocycles. The molecule has 12 nitrogen and oxygen atoms in total. The van der Waals surface area contributed by atoms with Crippen LogP contribution in [0.25, 0.3) is 4.85 Å². The van der Waals surface area contributed by atoms with Crippen LogP contribution in [0.3, 0.4) is 0 Å². The fourth-order valence-electron chi connectivity index (χ4n) is 7.45. The van der Waals surface area contributed by atoms with Gasteiger partial charge in [0, 0.05) is 51.8 Å². The molecule has 0 fully saturated rings. The fraction of sp³-hybridized carbons (Fsp3) is 0.375. The highest BCUT2D eigenvalue weighted by Crippen LogP contribution is 2.51. The number of unbranched alkanes of at least 4 members (excludes halogenated alkanes) is 4. The molecule has 2 heterocycles. The zero-order valence-electron chi connectivity index (χ0n) is 29.8. The maximum absolute atomic E-state index is 12.0. The maximum Gasteiger partial charge on any atom is 0.303 e. The number of allylic oxidation sites excluding steroid dienone is 6. The smallest absolute Gasteiger partial charge is 0.303 e. The second-order valence-corrected chi connectivity index (χ2v) is 15.6. The summed E-state index contributed by atoms with van der Waals surface area (Å²) in [7, 11) is -4.79. The van der Waals surface area contributed by atoms with Crippen molar-refractivity contribution in [1.82, 2.24) is 0 Å². The van der Waals surface area contributed by atoms with Gasteiger partial charge in [-0.15, -0.1) is 0 Å². The number of carbonyl (C=O) groups is 2. The highest BCUT2D eigenvalue weighted by Gasteiger charge is 2.43. The number of nitrogens with one attached hydrogen (secondary N) is 1. The van der Waals surface area contributed by atoms with Crippen molar-refractivity contribution >= 4 is 39.1 Å². The standard InChI is InChI=1S/C40H42N4O8S/c1-24-13-15-30-28(19-24)39(2,17-9-5-7-11-35(45)46)33(43-30)21-26-37(32(23-41)42-4)27(38(26)49)22-34-40(3,18-10-6-8-12-36(47)48)29-20-25(53(50,51)52)14-16-31(29)44-34/h13-16,19-22,43,49H,5-12,17-18H2,1-3H3,(H,45,46)(H,47,48)(H,50,51,52)/p-1/t39-,40-/m1/s1. The highest BCUT2D eigenvalue weighted by molar-refractivity contribution is 7.85. The van der Waals surface area contributed by atoms with Gasteiger partial charge in [0.25, 0.3) is 5.70 Å². The number of aliphatic imine (C=N–C) groups is 1. The molecule has 2 atom stereocenters. The number of carboxylic acids is 2. The fourth-order valence-corrected chi connectivity index (χ4v) is 7.95. The summed E-state index contributed by atoms with van der Waals surface area (Å²) in [4.78, 5) is 30.0. The van der Waals surface area contributed by atoms with Gasteiger partial charge in [-0.1, -0.05) is 43.4 Å². The molecule has 0 spiro atoms. The lowest BCUT2D eigenvalue weighted by Gasteiger charge is -2.32. The number of nitriles is 1. The molecule has 0 radical (unpaired) electrons. The molecule has 0 unspecified atom stereocenters. The second kappa shape index (κ2) is 15.2. The molecular formula is C40H41N4O8S-. The third kappa shape index (κ3) is 7.82. The van der Waals surface area contributed by atoms with E-state index in [9.17, 15) is 32.9 Å². The molecular weight excluding hydrogens is 697 g/mol. The predicted molar refractivity (Wildman–Crippen MR) is 198 cm³/mol. The summed E-state index contributed by atoms with van der Waals surface area (Å²) in [5.74, 6) is -1.91. The first-order valence-electron chi connectivity index (χ1n) is 17.4. The van der Waals surface area contributed by atoms with Gasteiger partial charge in [-0.05, 0) is 94.0 Å². The zero-order valence-corrected chi connectivity index (χ0v) is 30.6. The van der Waals surface area contributed by atoms with E-state index in [4.69, 9.17) is 21.8 Å². The summed E-state index contributed by atoms with van der Waals surface area (Å²) in [5, 5.41) is 43.4. The summed E-state index contributed by atoms with van der Waals surface area (Å²) < 4.78 is 35.9. The molecule has 2 aromatic carbocycles. The Morgan fingerprint density at radius 3 is 2.19 bits per heavy atom. The number of hydrogen-bond donors (Lipinski definition) is 4. The van der Waals surface area contributed by atoms with Crippen molar-refractivity contribution in [3.05, 3.63) is 111 Å². The normalized spacial score (nSPS) is 22.7. The predicted octanol–water partition coefficient (Wildman–Crippen LogP) is 8.03. The van der Waals surface area contributed by atoms with Gasteiger partial charge < -0.3 is 25.2 Å². The Kier molecular flexibility index (Phi) is 11.1. The maximum atomic E-state index is 12.0. The van der Waals surface area contributed by atoms with Crippen LogP contribution in [0.15, 0.2) is 92.3 Å². The van der Waals surface area contributed by atoms with Crippen molar-refractivity contribution in [3.63, 3.8) is 0 Å². The van der Waals surface area contributed by atoms with E-state index in [1.165, 1.54) is 18.2 Å². The quantitative estimate of drug-likeness (QED) is 0.0599. The molecule has 5 rings (SSSR count). The molecule has 13 heteroatoms. The molecule has 4 N–H and O–H groups in total. The number of hydrogen-bond acceptors (Lipinski definition) is 9. The Morgan fingerprint density at radius 1 is 0.962 bits per heavy atom. The van der Waals surface area contributed by atoms with E-state index in [1.807, 2.05) is 32.0 Å². The molecule has 0 aromatic heterocycles. The second-order valence-electron chi connectivity index (χ2n) is 14.2. The number of benzene rings is 2. The van der Waals surface area contributed by atoms with Crippen LogP contribution in [0.4, 0.5) is 11.4 Å². The van der Waals surface area contributed by atoms with Crippen LogP contribution in [0, 0.1) is 24.8 Å². The summed E-state index contributed by atoms with van der Waals surface area (Å²) in [5.41, 5.74) is 4.07. The molecule has 0 saturated heterocycles. The van der Waals surface area contributed by atoms with Crippen LogP contribution in [0.5, 0.6) is 0 Å². The van der Waals surface area contributed by atoms with E-state index in [2.05, 4.69) is 23.2 Å². The Morgan fingerprint density at radius 2 is 1.60 bits per heavy atom. The van der Waals surface area contributed by atoms with Crippen molar-refractivity contribution in [2.24, 2.45) is 4.99 Å². The molecule has 53 heavy (non-hydrogen) atoms. The van der Waals surface area contributed by atoms with Crippen LogP contribution in [-0.4, -0.2) is 45.9 Å². The van der Waals surface area contributed by atoms with E-state index in [1.54, 1.807) is 12.2 Å². The monoisotopic (exact) mass is 737 g/mol. The SMILES string of the molecule is [C-]#[N+]C(C#N)=C1C(=CC2=Nc3ccc(S(=O)(=O)[O-])cc3[C@@]2(C)CCCCCC(=O)O)C(O)=C1C=C1Nc2ccc(C)cc2[C@@]1(C)CCCCCC(=O)O. The van der Waals surface area contributed by atoms with E-state index in [-0.39, 0.29) is 35.4 Å². The summed E-state index contributed by atoms with van der Waals surface area (Å²) >= 11 is 0. The van der Waals surface area contributed by atoms with Crippen LogP contribution in [-0.2, 0) is 30.5 Å². The molecule has 0 saturated carbocycles. The van der Waals surface area contributed by atoms with Crippen molar-refractivity contribution in [1.29, 1.82) is 5.26 Å². The topological polar surface area (TPSA) is 205 Å². The zero-order chi connectivity index (χ0) is 38.7. The minimum absolute atomic E-state index is 0.00114. The van der Waals surface area contributed by atoms with Gasteiger partial charge in [-0.25, -0.2) is 18.5 Å². The van der Waals surface area contributed by atoms with Crippen molar-refractivity contribution in [2.45, 2.75) is 101 Å². The van der Waals surface area contributed by atoms with E-state index >= 15 is 0 Å². The number of carboxylic acid groups (broad SMARTS) is 2. The number of rotatable bonds is 15. The van der Waals surface area contributed by atoms with Gasteiger partial charge in [0.1, 0.15) is 15.9 Å². The van der Waals surface area contributed by atoms with Crippen LogP contribution >= 0.6 is 0 Å². The van der Waals surface area contributed by atoms with Crippen LogP contribution in [0.1, 0.15) is 94.7 Å². The Bertz CT molecular complexity index is 2220. The first-order valence-corrected chi connectivity index (χ1v) is 18.9.